The van der Waals surface area contributed by atoms with E-state index in [4.69, 9.17) is 0 Å². The normalized spacial score (nSPS) is 5.69. The van der Waals surface area contributed by atoms with Crippen molar-refractivity contribution in [2.24, 2.45) is 0 Å². The molecular weight excluding hydrogens is 295 g/mol. The average Bonchev–Trinajstić information content (AvgIpc) is 1.77. The predicted molar refractivity (Wildman–Crippen MR) is 58.7 cm³/mol. The van der Waals surface area contributed by atoms with Crippen LogP contribution in [0.2, 0.25) is 0 Å². The molecule has 0 bridgehead atoms. The standard InChI is InChI=1S/C6H5BrS.ClH.4FH/c7-5-1-3-6(8)4-2-5;;;;;/h1-4,8H;5*1H. The highest BCUT2D eigenvalue weighted by Gasteiger charge is 1.82. The molecule has 0 radical (unpaired) electrons. The second kappa shape index (κ2) is 14.6. The first-order valence-corrected chi connectivity index (χ1v) is 3.47. The second-order valence-corrected chi connectivity index (χ2v) is 2.91. The number of rotatable bonds is 0. The van der Waals surface area contributed by atoms with E-state index in [0.29, 0.717) is 0 Å². The molecule has 0 amide bonds. The highest BCUT2D eigenvalue weighted by molar-refractivity contribution is 9.10. The molecule has 1 rings (SSSR count). The van der Waals surface area contributed by atoms with Gasteiger partial charge in [-0.1, -0.05) is 15.9 Å². The first kappa shape index (κ1) is 29.2. The largest absolute Gasteiger partial charge is 0.269 e. The lowest BCUT2D eigenvalue weighted by Gasteiger charge is -1.87. The Bertz CT molecular complexity index is 163. The zero-order chi connectivity index (χ0) is 5.98. The van der Waals surface area contributed by atoms with Crippen LogP contribution >= 0.6 is 41.0 Å². The maximum Gasteiger partial charge on any atom is 0.0176 e. The van der Waals surface area contributed by atoms with E-state index in [1.165, 1.54) is 0 Å². The number of benzene rings is 1. The van der Waals surface area contributed by atoms with Crippen molar-refractivity contribution in [3.05, 3.63) is 28.7 Å². The number of thiol groups is 1. The number of hydrogen-bond donors (Lipinski definition) is 1. The Kier molecular flexibility index (Phi) is 32.8. The van der Waals surface area contributed by atoms with Crippen molar-refractivity contribution < 1.29 is 18.8 Å². The zero-order valence-corrected chi connectivity index (χ0v) is 9.47. The van der Waals surface area contributed by atoms with E-state index in [1.54, 1.807) is 0 Å². The summed E-state index contributed by atoms with van der Waals surface area (Å²) in [6.45, 7) is 0. The summed E-state index contributed by atoms with van der Waals surface area (Å²) >= 11 is 7.42. The molecule has 0 atom stereocenters. The van der Waals surface area contributed by atoms with Gasteiger partial charge in [-0.25, -0.2) is 0 Å². The van der Waals surface area contributed by atoms with Crippen molar-refractivity contribution in [1.82, 2.24) is 0 Å². The Morgan fingerprint density at radius 3 is 1.38 bits per heavy atom. The lowest BCUT2D eigenvalue weighted by atomic mass is 10.4. The van der Waals surface area contributed by atoms with E-state index >= 15 is 0 Å². The lowest BCUT2D eigenvalue weighted by molar-refractivity contribution is 1.11. The summed E-state index contributed by atoms with van der Waals surface area (Å²) < 4.78 is 1.09. The molecule has 0 aliphatic heterocycles. The minimum Gasteiger partial charge on any atom is -0.269 e. The van der Waals surface area contributed by atoms with Crippen LogP contribution in [0.1, 0.15) is 0 Å². The fourth-order valence-corrected chi connectivity index (χ4v) is 0.854. The third kappa shape index (κ3) is 12.1. The van der Waals surface area contributed by atoms with Crippen molar-refractivity contribution >= 4 is 41.0 Å². The van der Waals surface area contributed by atoms with Gasteiger partial charge in [0.15, 0.2) is 0 Å². The molecule has 0 saturated heterocycles. The van der Waals surface area contributed by atoms with Gasteiger partial charge in [-0.15, -0.1) is 25.0 Å². The van der Waals surface area contributed by atoms with E-state index < -0.39 is 0 Å². The molecular formula is C6H10BrClF4S. The molecule has 0 aliphatic rings. The van der Waals surface area contributed by atoms with Gasteiger partial charge in [-0.2, -0.15) is 0 Å². The molecule has 0 aromatic heterocycles. The van der Waals surface area contributed by atoms with E-state index in [-0.39, 0.29) is 31.2 Å². The monoisotopic (exact) mass is 304 g/mol. The number of hydrogen-bond acceptors (Lipinski definition) is 1. The average molecular weight is 306 g/mol. The molecule has 0 saturated carbocycles. The van der Waals surface area contributed by atoms with Gasteiger partial charge in [0, 0.05) is 9.37 Å². The first-order valence-electron chi connectivity index (χ1n) is 2.23. The van der Waals surface area contributed by atoms with Crippen molar-refractivity contribution in [2.75, 3.05) is 0 Å². The summed E-state index contributed by atoms with van der Waals surface area (Å²) in [6.07, 6.45) is 0. The summed E-state index contributed by atoms with van der Waals surface area (Å²) in [6, 6.07) is 7.80. The van der Waals surface area contributed by atoms with Crippen LogP contribution in [0, 0.1) is 0 Å². The third-order valence-electron chi connectivity index (χ3n) is 0.827. The summed E-state index contributed by atoms with van der Waals surface area (Å²) in [5.74, 6) is 0. The van der Waals surface area contributed by atoms with Crippen LogP contribution in [0.4, 0.5) is 18.8 Å². The van der Waals surface area contributed by atoms with Crippen LogP contribution in [-0.4, -0.2) is 0 Å². The number of halogens is 6. The van der Waals surface area contributed by atoms with Gasteiger partial charge in [0.2, 0.25) is 0 Å². The maximum absolute atomic E-state index is 4.11. The Hall–Kier alpha value is 0.0600. The molecule has 0 aliphatic carbocycles. The summed E-state index contributed by atoms with van der Waals surface area (Å²) in [4.78, 5) is 0.994. The highest BCUT2D eigenvalue weighted by Crippen LogP contribution is 2.11. The minimum atomic E-state index is 0. The van der Waals surface area contributed by atoms with Gasteiger partial charge in [0.05, 0.1) is 0 Å². The van der Waals surface area contributed by atoms with Gasteiger partial charge in [0.1, 0.15) is 0 Å². The van der Waals surface area contributed by atoms with Gasteiger partial charge < -0.3 is 0 Å². The van der Waals surface area contributed by atoms with Gasteiger partial charge >= 0.3 is 0 Å². The Morgan fingerprint density at radius 1 is 0.846 bits per heavy atom. The van der Waals surface area contributed by atoms with Gasteiger partial charge in [-0.05, 0) is 24.3 Å². The van der Waals surface area contributed by atoms with E-state index in [1.807, 2.05) is 24.3 Å². The molecule has 0 heterocycles. The van der Waals surface area contributed by atoms with Crippen molar-refractivity contribution in [2.45, 2.75) is 4.90 Å². The quantitative estimate of drug-likeness (QED) is 0.547. The van der Waals surface area contributed by atoms with Crippen molar-refractivity contribution in [3.63, 3.8) is 0 Å². The molecule has 7 heteroatoms. The van der Waals surface area contributed by atoms with Crippen LogP contribution in [0.3, 0.4) is 0 Å². The van der Waals surface area contributed by atoms with Crippen molar-refractivity contribution in [3.8, 4) is 0 Å². The molecule has 1 aromatic rings. The van der Waals surface area contributed by atoms with E-state index in [0.717, 1.165) is 9.37 Å². The SMILES string of the molecule is Cl.F.F.F.F.Sc1ccc(Br)cc1. The summed E-state index contributed by atoms with van der Waals surface area (Å²) in [7, 11) is 0. The topological polar surface area (TPSA) is 0 Å². The third-order valence-corrected chi connectivity index (χ3v) is 1.65. The molecule has 0 spiro atoms. The fraction of sp³-hybridized carbons (Fsp3) is 0. The predicted octanol–water partition coefficient (Wildman–Crippen LogP) is 3.77. The van der Waals surface area contributed by atoms with Gasteiger partial charge in [-0.3, -0.25) is 18.8 Å². The second-order valence-electron chi connectivity index (χ2n) is 1.48. The summed E-state index contributed by atoms with van der Waals surface area (Å²) in [5, 5.41) is 0. The Labute approximate surface area is 93.5 Å². The van der Waals surface area contributed by atoms with Crippen molar-refractivity contribution in [1.29, 1.82) is 0 Å². The minimum absolute atomic E-state index is 0. The van der Waals surface area contributed by atoms with Gasteiger partial charge in [0.25, 0.3) is 0 Å². The lowest BCUT2D eigenvalue weighted by Crippen LogP contribution is -1.62. The molecule has 1 aromatic carbocycles. The smallest absolute Gasteiger partial charge is 0.0176 e. The van der Waals surface area contributed by atoms with E-state index in [2.05, 4.69) is 28.6 Å². The van der Waals surface area contributed by atoms with Crippen LogP contribution < -0.4 is 0 Å². The molecule has 0 N–H and O–H groups in total. The molecule has 0 unspecified atom stereocenters. The fourth-order valence-electron chi connectivity index (χ4n) is 0.441. The van der Waals surface area contributed by atoms with E-state index in [9.17, 15) is 0 Å². The molecule has 13 heavy (non-hydrogen) atoms. The van der Waals surface area contributed by atoms with Crippen LogP contribution in [0.5, 0.6) is 0 Å². The Morgan fingerprint density at radius 2 is 1.15 bits per heavy atom. The molecule has 0 nitrogen and oxygen atoms in total. The Balaban J connectivity index is -0.0000000427. The summed E-state index contributed by atoms with van der Waals surface area (Å²) in [5.41, 5.74) is 0. The van der Waals surface area contributed by atoms with Crippen LogP contribution in [-0.2, 0) is 0 Å². The van der Waals surface area contributed by atoms with Crippen LogP contribution in [0.15, 0.2) is 33.6 Å². The van der Waals surface area contributed by atoms with Crippen LogP contribution in [0.25, 0.3) is 0 Å². The first-order chi connectivity index (χ1) is 3.79. The maximum atomic E-state index is 4.11. The molecule has 82 valence electrons. The zero-order valence-electron chi connectivity index (χ0n) is 6.18. The highest BCUT2D eigenvalue weighted by atomic mass is 79.9. The molecule has 0 fully saturated rings.